The molecule has 3 unspecified atom stereocenters. The molecule has 0 bridgehead atoms. The first kappa shape index (κ1) is 22.2. The molecule has 1 aliphatic carbocycles. The second-order valence-electron chi connectivity index (χ2n) is 8.21. The number of aliphatic hydroxyl groups is 2. The van der Waals surface area contributed by atoms with Gasteiger partial charge in [-0.1, -0.05) is 37.8 Å². The number of carbonyl (C=O) groups excluding carboxylic acids is 1. The Bertz CT molecular complexity index is 744. The number of rotatable bonds is 11. The van der Waals surface area contributed by atoms with Crippen molar-refractivity contribution in [1.29, 1.82) is 0 Å². The molecule has 6 heteroatoms. The molecule has 0 amide bonds. The summed E-state index contributed by atoms with van der Waals surface area (Å²) >= 11 is 1.56. The molecule has 29 heavy (non-hydrogen) atoms. The van der Waals surface area contributed by atoms with E-state index in [-0.39, 0.29) is 18.0 Å². The average molecular weight is 420 g/mol. The molecule has 1 saturated carbocycles. The van der Waals surface area contributed by atoms with E-state index in [0.717, 1.165) is 66.6 Å². The standard InChI is InChI=1S/C23H33NO4S/c1-28-22(27)11-5-3-2-4-8-16-12-14-19(25)17(16)13-15-20(26)23-24-18-9-6-7-10-21(18)29-23/h6-7,9-10,16-17,19-20,25-26H,2-5,8,11-15H2,1H3/t16?,17?,19-,20?/m1/s1. The van der Waals surface area contributed by atoms with Gasteiger partial charge in [-0.3, -0.25) is 4.79 Å². The molecule has 0 saturated heterocycles. The first-order chi connectivity index (χ1) is 14.1. The molecule has 4 atom stereocenters. The van der Waals surface area contributed by atoms with E-state index in [2.05, 4.69) is 9.72 Å². The van der Waals surface area contributed by atoms with E-state index in [0.29, 0.717) is 18.8 Å². The van der Waals surface area contributed by atoms with Crippen molar-refractivity contribution in [2.45, 2.75) is 76.4 Å². The van der Waals surface area contributed by atoms with Gasteiger partial charge in [0.15, 0.2) is 0 Å². The van der Waals surface area contributed by atoms with Gasteiger partial charge in [0.2, 0.25) is 0 Å². The van der Waals surface area contributed by atoms with Crippen LogP contribution < -0.4 is 0 Å². The highest BCUT2D eigenvalue weighted by atomic mass is 32.1. The summed E-state index contributed by atoms with van der Waals surface area (Å²) in [6.07, 6.45) is 8.44. The fraction of sp³-hybridized carbons (Fsp3) is 0.652. The predicted molar refractivity (Wildman–Crippen MR) is 116 cm³/mol. The Labute approximate surface area is 177 Å². The summed E-state index contributed by atoms with van der Waals surface area (Å²) in [5, 5.41) is 21.8. The van der Waals surface area contributed by atoms with Crippen molar-refractivity contribution >= 4 is 27.5 Å². The van der Waals surface area contributed by atoms with E-state index >= 15 is 0 Å². The van der Waals surface area contributed by atoms with Crippen LogP contribution in [-0.4, -0.2) is 34.4 Å². The van der Waals surface area contributed by atoms with Gasteiger partial charge in [-0.15, -0.1) is 11.3 Å². The van der Waals surface area contributed by atoms with Gasteiger partial charge in [0.05, 0.1) is 23.4 Å². The van der Waals surface area contributed by atoms with Crippen LogP contribution in [0.2, 0.25) is 0 Å². The van der Waals surface area contributed by atoms with Gasteiger partial charge in [-0.25, -0.2) is 4.98 Å². The Kier molecular flexibility index (Phi) is 8.45. The molecule has 1 heterocycles. The van der Waals surface area contributed by atoms with E-state index in [1.807, 2.05) is 24.3 Å². The molecule has 160 valence electrons. The van der Waals surface area contributed by atoms with Crippen LogP contribution >= 0.6 is 11.3 Å². The SMILES string of the molecule is COC(=O)CCCCCCC1CC[C@@H](O)C1CCC(O)c1nc2ccccc2s1. The van der Waals surface area contributed by atoms with Gasteiger partial charge in [-0.2, -0.15) is 0 Å². The van der Waals surface area contributed by atoms with E-state index in [4.69, 9.17) is 0 Å². The van der Waals surface area contributed by atoms with Crippen LogP contribution in [0.1, 0.15) is 75.3 Å². The molecule has 0 spiro atoms. The number of esters is 1. The summed E-state index contributed by atoms with van der Waals surface area (Å²) in [7, 11) is 1.43. The number of unbranched alkanes of at least 4 members (excludes halogenated alkanes) is 3. The maximum atomic E-state index is 11.1. The van der Waals surface area contributed by atoms with Crippen molar-refractivity contribution in [1.82, 2.24) is 4.98 Å². The van der Waals surface area contributed by atoms with Gasteiger partial charge in [-0.05, 0) is 56.1 Å². The number of para-hydroxylation sites is 1. The number of hydrogen-bond acceptors (Lipinski definition) is 6. The number of carbonyl (C=O) groups is 1. The van der Waals surface area contributed by atoms with Crippen LogP contribution in [0.15, 0.2) is 24.3 Å². The van der Waals surface area contributed by atoms with Crippen molar-refractivity contribution in [3.8, 4) is 0 Å². The van der Waals surface area contributed by atoms with Gasteiger partial charge >= 0.3 is 5.97 Å². The lowest BCUT2D eigenvalue weighted by molar-refractivity contribution is -0.140. The molecule has 0 aliphatic heterocycles. The smallest absolute Gasteiger partial charge is 0.305 e. The summed E-state index contributed by atoms with van der Waals surface area (Å²) in [6.45, 7) is 0. The monoisotopic (exact) mass is 419 g/mol. The number of thiazole rings is 1. The number of aliphatic hydroxyl groups excluding tert-OH is 2. The molecular weight excluding hydrogens is 386 g/mol. The van der Waals surface area contributed by atoms with Crippen molar-refractivity contribution in [2.24, 2.45) is 11.8 Å². The number of aromatic nitrogens is 1. The number of nitrogens with zero attached hydrogens (tertiary/aromatic N) is 1. The second-order valence-corrected chi connectivity index (χ2v) is 9.27. The lowest BCUT2D eigenvalue weighted by atomic mass is 9.85. The van der Waals surface area contributed by atoms with Crippen LogP contribution in [0.3, 0.4) is 0 Å². The third-order valence-corrected chi connectivity index (χ3v) is 7.37. The Balaban J connectivity index is 1.41. The quantitative estimate of drug-likeness (QED) is 0.395. The van der Waals surface area contributed by atoms with E-state index in [1.54, 1.807) is 11.3 Å². The third kappa shape index (κ3) is 6.24. The van der Waals surface area contributed by atoms with Crippen LogP contribution in [0.25, 0.3) is 10.2 Å². The summed E-state index contributed by atoms with van der Waals surface area (Å²) in [6, 6.07) is 7.97. The third-order valence-electron chi connectivity index (χ3n) is 6.24. The first-order valence-electron chi connectivity index (χ1n) is 10.9. The van der Waals surface area contributed by atoms with Gasteiger partial charge in [0, 0.05) is 6.42 Å². The number of fused-ring (bicyclic) bond motifs is 1. The maximum absolute atomic E-state index is 11.1. The van der Waals surface area contributed by atoms with Crippen molar-refractivity contribution in [3.63, 3.8) is 0 Å². The first-order valence-corrected chi connectivity index (χ1v) is 11.7. The number of hydrogen-bond donors (Lipinski definition) is 2. The lowest BCUT2D eigenvalue weighted by Gasteiger charge is -2.23. The molecule has 0 radical (unpaired) electrons. The Morgan fingerprint density at radius 1 is 1.21 bits per heavy atom. The second kappa shape index (κ2) is 11.0. The minimum atomic E-state index is -0.556. The molecule has 5 nitrogen and oxygen atoms in total. The molecule has 1 aromatic heterocycles. The molecule has 2 aromatic rings. The van der Waals surface area contributed by atoms with Crippen LogP contribution in [0.4, 0.5) is 0 Å². The molecule has 2 N–H and O–H groups in total. The highest BCUT2D eigenvalue weighted by Crippen LogP contribution is 2.40. The van der Waals surface area contributed by atoms with Crippen molar-refractivity contribution in [3.05, 3.63) is 29.3 Å². The van der Waals surface area contributed by atoms with Crippen LogP contribution in [0, 0.1) is 11.8 Å². The number of methoxy groups -OCH3 is 1. The molecule has 1 fully saturated rings. The van der Waals surface area contributed by atoms with E-state index in [9.17, 15) is 15.0 Å². The molecule has 1 aromatic carbocycles. The number of ether oxygens (including phenoxy) is 1. The molecule has 1 aliphatic rings. The van der Waals surface area contributed by atoms with Gasteiger partial charge in [0.1, 0.15) is 11.1 Å². The summed E-state index contributed by atoms with van der Waals surface area (Å²) in [5.74, 6) is 0.679. The van der Waals surface area contributed by atoms with Crippen LogP contribution in [-0.2, 0) is 9.53 Å². The normalized spacial score (nSPS) is 22.8. The minimum Gasteiger partial charge on any atom is -0.469 e. The van der Waals surface area contributed by atoms with E-state index in [1.165, 1.54) is 7.11 Å². The highest BCUT2D eigenvalue weighted by molar-refractivity contribution is 7.18. The Morgan fingerprint density at radius 2 is 2.00 bits per heavy atom. The predicted octanol–water partition coefficient (Wildman–Crippen LogP) is 5.01. The average Bonchev–Trinajstić information content (AvgIpc) is 3.32. The topological polar surface area (TPSA) is 79.7 Å². The van der Waals surface area contributed by atoms with Crippen LogP contribution in [0.5, 0.6) is 0 Å². The molecule has 3 rings (SSSR count). The fourth-order valence-electron chi connectivity index (χ4n) is 4.55. The number of benzene rings is 1. The zero-order valence-electron chi connectivity index (χ0n) is 17.3. The Morgan fingerprint density at radius 3 is 2.79 bits per heavy atom. The summed E-state index contributed by atoms with van der Waals surface area (Å²) in [5.41, 5.74) is 0.942. The zero-order chi connectivity index (χ0) is 20.6. The lowest BCUT2D eigenvalue weighted by Crippen LogP contribution is -2.20. The van der Waals surface area contributed by atoms with Crippen molar-refractivity contribution < 1.29 is 19.7 Å². The zero-order valence-corrected chi connectivity index (χ0v) is 18.1. The maximum Gasteiger partial charge on any atom is 0.305 e. The fourth-order valence-corrected chi connectivity index (χ4v) is 5.54. The minimum absolute atomic E-state index is 0.129. The summed E-state index contributed by atoms with van der Waals surface area (Å²) < 4.78 is 5.77. The van der Waals surface area contributed by atoms with Gasteiger partial charge < -0.3 is 14.9 Å². The van der Waals surface area contributed by atoms with Crippen molar-refractivity contribution in [2.75, 3.05) is 7.11 Å². The van der Waals surface area contributed by atoms with Gasteiger partial charge in [0.25, 0.3) is 0 Å². The molecular formula is C23H33NO4S. The highest BCUT2D eigenvalue weighted by Gasteiger charge is 2.34. The Hall–Kier alpha value is -1.50. The summed E-state index contributed by atoms with van der Waals surface area (Å²) in [4.78, 5) is 15.7. The van der Waals surface area contributed by atoms with E-state index < -0.39 is 6.10 Å². The largest absolute Gasteiger partial charge is 0.469 e.